The minimum absolute atomic E-state index is 0.0177. The molecule has 3 heterocycles. The van der Waals surface area contributed by atoms with Gasteiger partial charge in [-0.25, -0.2) is 0 Å². The maximum absolute atomic E-state index is 5.84. The van der Waals surface area contributed by atoms with Crippen molar-refractivity contribution in [3.63, 3.8) is 0 Å². The molecule has 1 aliphatic heterocycles. The average Bonchev–Trinajstić information content (AvgIpc) is 3.53. The summed E-state index contributed by atoms with van der Waals surface area (Å²) in [7, 11) is 1.69. The summed E-state index contributed by atoms with van der Waals surface area (Å²) in [5.41, 5.74) is 3.33. The highest BCUT2D eigenvalue weighted by Crippen LogP contribution is 2.43. The van der Waals surface area contributed by atoms with Crippen LogP contribution < -0.4 is 15.0 Å². The Balaban J connectivity index is 1.60. The number of aromatic nitrogens is 2. The van der Waals surface area contributed by atoms with Crippen molar-refractivity contribution >= 4 is 23.0 Å². The molecule has 0 radical (unpaired) electrons. The van der Waals surface area contributed by atoms with Gasteiger partial charge >= 0.3 is 0 Å². The van der Waals surface area contributed by atoms with Crippen molar-refractivity contribution < 1.29 is 4.74 Å². The van der Waals surface area contributed by atoms with E-state index in [2.05, 4.69) is 56.3 Å². The first-order valence-electron chi connectivity index (χ1n) is 10.6. The predicted octanol–water partition coefficient (Wildman–Crippen LogP) is 5.18. The Kier molecular flexibility index (Phi) is 5.17. The molecule has 0 bridgehead atoms. The van der Waals surface area contributed by atoms with Crippen LogP contribution in [0.5, 0.6) is 5.75 Å². The molecule has 2 aromatic heterocycles. The molecule has 0 spiro atoms. The molecular formula is C24H26N4OS. The van der Waals surface area contributed by atoms with Crippen LogP contribution in [-0.2, 0) is 0 Å². The molecule has 1 aliphatic carbocycles. The second-order valence-electron chi connectivity index (χ2n) is 7.97. The molecule has 1 saturated carbocycles. The molecule has 5 nitrogen and oxygen atoms in total. The molecule has 1 aromatic carbocycles. The lowest BCUT2D eigenvalue weighted by Crippen LogP contribution is -2.30. The zero-order valence-corrected chi connectivity index (χ0v) is 17.9. The molecule has 1 saturated heterocycles. The molecule has 30 heavy (non-hydrogen) atoms. The minimum atomic E-state index is -0.0177. The highest BCUT2D eigenvalue weighted by molar-refractivity contribution is 7.80. The van der Waals surface area contributed by atoms with Crippen LogP contribution in [-0.4, -0.2) is 21.8 Å². The summed E-state index contributed by atoms with van der Waals surface area (Å²) in [5, 5.41) is 4.28. The molecule has 6 heteroatoms. The van der Waals surface area contributed by atoms with Crippen molar-refractivity contribution in [3.8, 4) is 5.75 Å². The first-order chi connectivity index (χ1) is 14.8. The zero-order chi connectivity index (χ0) is 20.5. The summed E-state index contributed by atoms with van der Waals surface area (Å²) in [6.07, 6.45) is 9.16. The van der Waals surface area contributed by atoms with Crippen molar-refractivity contribution in [1.29, 1.82) is 0 Å². The average molecular weight is 419 g/mol. The van der Waals surface area contributed by atoms with Gasteiger partial charge in [-0.3, -0.25) is 4.98 Å². The molecule has 154 valence electrons. The SMILES string of the molecule is COc1ccc(N2C(=S)N[C@H](c3ccccn3)[C@H]2c2cccn2C2CCCC2)cc1. The van der Waals surface area contributed by atoms with Crippen molar-refractivity contribution in [2.24, 2.45) is 0 Å². The smallest absolute Gasteiger partial charge is 0.174 e. The summed E-state index contributed by atoms with van der Waals surface area (Å²) in [4.78, 5) is 6.89. The number of benzene rings is 1. The van der Waals surface area contributed by atoms with E-state index < -0.39 is 0 Å². The summed E-state index contributed by atoms with van der Waals surface area (Å²) in [6, 6.07) is 19.2. The molecular weight excluding hydrogens is 392 g/mol. The fourth-order valence-corrected chi connectivity index (χ4v) is 5.19. The van der Waals surface area contributed by atoms with Crippen LogP contribution in [0.2, 0.25) is 0 Å². The van der Waals surface area contributed by atoms with E-state index in [-0.39, 0.29) is 12.1 Å². The Morgan fingerprint density at radius 3 is 2.53 bits per heavy atom. The molecule has 2 fully saturated rings. The lowest BCUT2D eigenvalue weighted by molar-refractivity contribution is 0.414. The molecule has 0 unspecified atom stereocenters. The zero-order valence-electron chi connectivity index (χ0n) is 17.1. The Hall–Kier alpha value is -2.86. The number of hydrogen-bond donors (Lipinski definition) is 1. The molecule has 5 rings (SSSR count). The largest absolute Gasteiger partial charge is 0.497 e. The van der Waals surface area contributed by atoms with Gasteiger partial charge in [-0.05, 0) is 73.6 Å². The van der Waals surface area contributed by atoms with E-state index in [9.17, 15) is 0 Å². The van der Waals surface area contributed by atoms with E-state index in [1.54, 1.807) is 7.11 Å². The topological polar surface area (TPSA) is 42.3 Å². The Bertz CT molecular complexity index is 1010. The highest BCUT2D eigenvalue weighted by atomic mass is 32.1. The molecule has 2 aliphatic rings. The number of anilines is 1. The van der Waals surface area contributed by atoms with E-state index >= 15 is 0 Å². The lowest BCUT2D eigenvalue weighted by atomic mass is 10.00. The summed E-state index contributed by atoms with van der Waals surface area (Å²) in [6.45, 7) is 0. The number of nitrogens with zero attached hydrogens (tertiary/aromatic N) is 3. The van der Waals surface area contributed by atoms with E-state index in [4.69, 9.17) is 17.0 Å². The number of hydrogen-bond acceptors (Lipinski definition) is 3. The molecule has 2 atom stereocenters. The number of methoxy groups -OCH3 is 1. The van der Waals surface area contributed by atoms with E-state index in [1.165, 1.54) is 31.4 Å². The maximum atomic E-state index is 5.84. The third-order valence-electron chi connectivity index (χ3n) is 6.28. The third kappa shape index (κ3) is 3.35. The monoisotopic (exact) mass is 418 g/mol. The summed E-state index contributed by atoms with van der Waals surface area (Å²) in [5.74, 6) is 0.837. The van der Waals surface area contributed by atoms with Gasteiger partial charge < -0.3 is 19.5 Å². The van der Waals surface area contributed by atoms with Crippen LogP contribution in [0.3, 0.4) is 0 Å². The summed E-state index contributed by atoms with van der Waals surface area (Å²) < 4.78 is 7.83. The van der Waals surface area contributed by atoms with Crippen LogP contribution in [0.4, 0.5) is 5.69 Å². The number of pyridine rings is 1. The van der Waals surface area contributed by atoms with E-state index in [1.807, 2.05) is 30.5 Å². The van der Waals surface area contributed by atoms with E-state index in [0.717, 1.165) is 22.2 Å². The van der Waals surface area contributed by atoms with Gasteiger partial charge in [-0.1, -0.05) is 18.9 Å². The van der Waals surface area contributed by atoms with Crippen LogP contribution in [0.15, 0.2) is 67.0 Å². The second-order valence-corrected chi connectivity index (χ2v) is 8.36. The van der Waals surface area contributed by atoms with Gasteiger partial charge in [0.2, 0.25) is 0 Å². The normalized spacial score (nSPS) is 21.8. The van der Waals surface area contributed by atoms with Gasteiger partial charge in [0.25, 0.3) is 0 Å². The summed E-state index contributed by atoms with van der Waals surface area (Å²) >= 11 is 5.84. The van der Waals surface area contributed by atoms with Crippen LogP contribution in [0.25, 0.3) is 0 Å². The maximum Gasteiger partial charge on any atom is 0.174 e. The van der Waals surface area contributed by atoms with Gasteiger partial charge in [-0.15, -0.1) is 0 Å². The Labute approximate surface area is 182 Å². The number of rotatable bonds is 5. The fourth-order valence-electron chi connectivity index (χ4n) is 4.85. The highest BCUT2D eigenvalue weighted by Gasteiger charge is 2.42. The first kappa shape index (κ1) is 19.1. The lowest BCUT2D eigenvalue weighted by Gasteiger charge is -2.30. The molecule has 0 amide bonds. The predicted molar refractivity (Wildman–Crippen MR) is 123 cm³/mol. The van der Waals surface area contributed by atoms with Gasteiger partial charge in [0.05, 0.1) is 18.8 Å². The van der Waals surface area contributed by atoms with Crippen LogP contribution >= 0.6 is 12.2 Å². The van der Waals surface area contributed by atoms with Crippen molar-refractivity contribution in [1.82, 2.24) is 14.9 Å². The number of thiocarbonyl (C=S) groups is 1. The van der Waals surface area contributed by atoms with Gasteiger partial charge in [0.15, 0.2) is 5.11 Å². The van der Waals surface area contributed by atoms with Crippen molar-refractivity contribution in [2.75, 3.05) is 12.0 Å². The van der Waals surface area contributed by atoms with Crippen molar-refractivity contribution in [2.45, 2.75) is 43.8 Å². The fraction of sp³-hybridized carbons (Fsp3) is 0.333. The second kappa shape index (κ2) is 8.11. The molecule has 1 N–H and O–H groups in total. The third-order valence-corrected chi connectivity index (χ3v) is 6.60. The van der Waals surface area contributed by atoms with Crippen LogP contribution in [0, 0.1) is 0 Å². The Morgan fingerprint density at radius 1 is 1.03 bits per heavy atom. The number of ether oxygens (including phenoxy) is 1. The van der Waals surface area contributed by atoms with E-state index in [0.29, 0.717) is 6.04 Å². The van der Waals surface area contributed by atoms with Gasteiger partial charge in [-0.2, -0.15) is 0 Å². The van der Waals surface area contributed by atoms with Gasteiger partial charge in [0.1, 0.15) is 11.8 Å². The van der Waals surface area contributed by atoms with Crippen molar-refractivity contribution in [3.05, 3.63) is 78.4 Å². The first-order valence-corrected chi connectivity index (χ1v) is 11.0. The standard InChI is InChI=1S/C24H26N4OS/c1-29-19-13-11-18(12-14-19)28-23(21-10-6-16-27(21)17-7-2-3-8-17)22(26-24(28)30)20-9-4-5-15-25-20/h4-6,9-17,22-23H,2-3,7-8H2,1H3,(H,26,30)/t22-,23-/m1/s1. The Morgan fingerprint density at radius 2 is 1.83 bits per heavy atom. The molecule has 3 aromatic rings. The number of nitrogens with one attached hydrogen (secondary N) is 1. The quantitative estimate of drug-likeness (QED) is 0.578. The van der Waals surface area contributed by atoms with Crippen LogP contribution in [0.1, 0.15) is 55.2 Å². The van der Waals surface area contributed by atoms with Gasteiger partial charge in [0, 0.05) is 29.8 Å². The minimum Gasteiger partial charge on any atom is -0.497 e.